The number of nitrogens with two attached hydrogens (primary N) is 2. The minimum absolute atomic E-state index is 0.00662. The fraction of sp³-hybridized carbons (Fsp3) is 0.300. The smallest absolute Gasteiger partial charge is 0.319 e. The molecule has 100 valence electrons. The number of aryl methyl sites for hydroxylation is 1. The number of guanidine groups is 1. The maximum absolute atomic E-state index is 11.8. The van der Waals surface area contributed by atoms with Gasteiger partial charge in [-0.2, -0.15) is 8.42 Å². The second-order valence-electron chi connectivity index (χ2n) is 3.50. The van der Waals surface area contributed by atoms with E-state index in [0.29, 0.717) is 11.7 Å². The molecule has 0 aliphatic heterocycles. The first-order valence-corrected chi connectivity index (χ1v) is 6.63. The summed E-state index contributed by atoms with van der Waals surface area (Å²) in [5.74, 6) is 5.12. The summed E-state index contributed by atoms with van der Waals surface area (Å²) in [5.41, 5.74) is 6.33. The minimum atomic E-state index is -4.00. The standard InChI is InChI=1S/C10H16N4O3S/c1-3-13-10(11)14(12)17-18(15,16)9-6-4-8(2)5-7-9/h4-7H,3,12H2,1-2H3,(H2,11,13). The molecule has 0 unspecified atom stereocenters. The van der Waals surface area contributed by atoms with E-state index in [2.05, 4.69) is 9.28 Å². The van der Waals surface area contributed by atoms with Crippen LogP contribution < -0.4 is 11.6 Å². The molecule has 0 bridgehead atoms. The molecule has 8 heteroatoms. The summed E-state index contributed by atoms with van der Waals surface area (Å²) in [7, 11) is -4.00. The summed E-state index contributed by atoms with van der Waals surface area (Å²) in [6.07, 6.45) is 0. The van der Waals surface area contributed by atoms with Crippen molar-refractivity contribution in [3.8, 4) is 0 Å². The van der Waals surface area contributed by atoms with Gasteiger partial charge in [-0.3, -0.25) is 4.99 Å². The number of rotatable bonds is 4. The van der Waals surface area contributed by atoms with Gasteiger partial charge in [-0.15, -0.1) is 9.46 Å². The molecular formula is C10H16N4O3S. The van der Waals surface area contributed by atoms with Crippen LogP contribution in [0.1, 0.15) is 12.5 Å². The van der Waals surface area contributed by atoms with Crippen molar-refractivity contribution < 1.29 is 12.7 Å². The average molecular weight is 272 g/mol. The van der Waals surface area contributed by atoms with E-state index in [1.807, 2.05) is 6.92 Å². The Morgan fingerprint density at radius 3 is 2.44 bits per heavy atom. The number of benzene rings is 1. The van der Waals surface area contributed by atoms with Gasteiger partial charge in [0.05, 0.1) is 4.90 Å². The molecule has 4 N–H and O–H groups in total. The first kappa shape index (κ1) is 14.4. The van der Waals surface area contributed by atoms with Crippen LogP contribution in [0.15, 0.2) is 34.2 Å². The van der Waals surface area contributed by atoms with Gasteiger partial charge >= 0.3 is 10.1 Å². The molecule has 0 saturated carbocycles. The summed E-state index contributed by atoms with van der Waals surface area (Å²) >= 11 is 0. The van der Waals surface area contributed by atoms with Gasteiger partial charge in [-0.25, -0.2) is 5.84 Å². The highest BCUT2D eigenvalue weighted by Crippen LogP contribution is 2.13. The van der Waals surface area contributed by atoms with Crippen LogP contribution in [-0.4, -0.2) is 26.1 Å². The lowest BCUT2D eigenvalue weighted by Gasteiger charge is -2.15. The molecule has 0 heterocycles. The molecule has 0 aliphatic carbocycles. The van der Waals surface area contributed by atoms with Crippen molar-refractivity contribution in [2.24, 2.45) is 16.6 Å². The Bertz CT molecular complexity index is 525. The fourth-order valence-corrected chi connectivity index (χ4v) is 1.97. The first-order chi connectivity index (χ1) is 8.36. The maximum atomic E-state index is 11.8. The van der Waals surface area contributed by atoms with Gasteiger partial charge in [-0.05, 0) is 26.0 Å². The Morgan fingerprint density at radius 2 is 1.94 bits per heavy atom. The molecule has 0 aliphatic rings. The first-order valence-electron chi connectivity index (χ1n) is 5.23. The fourth-order valence-electron chi connectivity index (χ4n) is 1.12. The highest BCUT2D eigenvalue weighted by molar-refractivity contribution is 7.86. The second kappa shape index (κ2) is 5.80. The molecule has 0 radical (unpaired) electrons. The van der Waals surface area contributed by atoms with Crippen molar-refractivity contribution in [1.29, 1.82) is 0 Å². The maximum Gasteiger partial charge on any atom is 0.319 e. The quantitative estimate of drug-likeness (QED) is 0.349. The zero-order valence-electron chi connectivity index (χ0n) is 10.2. The van der Waals surface area contributed by atoms with Gasteiger partial charge in [0.25, 0.3) is 0 Å². The monoisotopic (exact) mass is 272 g/mol. The SMILES string of the molecule is CCN=C(N)N(N)OS(=O)(=O)c1ccc(C)cc1. The van der Waals surface area contributed by atoms with E-state index in [1.165, 1.54) is 12.1 Å². The third-order valence-electron chi connectivity index (χ3n) is 2.03. The molecule has 0 atom stereocenters. The molecule has 18 heavy (non-hydrogen) atoms. The normalized spacial score (nSPS) is 12.5. The Hall–Kier alpha value is -1.64. The van der Waals surface area contributed by atoms with Crippen LogP contribution >= 0.6 is 0 Å². The van der Waals surface area contributed by atoms with E-state index in [9.17, 15) is 8.42 Å². The van der Waals surface area contributed by atoms with Gasteiger partial charge in [0.15, 0.2) is 0 Å². The number of aliphatic imine (C=N–C) groups is 1. The summed E-state index contributed by atoms with van der Waals surface area (Å²) in [5, 5.41) is 0.429. The molecule has 1 aromatic carbocycles. The van der Waals surface area contributed by atoms with Crippen LogP contribution in [0, 0.1) is 6.92 Å². The number of hydrazine groups is 1. The Morgan fingerprint density at radius 1 is 1.39 bits per heavy atom. The van der Waals surface area contributed by atoms with Gasteiger partial charge in [-0.1, -0.05) is 17.7 Å². The number of hydrogen-bond acceptors (Lipinski definition) is 5. The van der Waals surface area contributed by atoms with Crippen LogP contribution in [0.5, 0.6) is 0 Å². The third-order valence-corrected chi connectivity index (χ3v) is 3.24. The minimum Gasteiger partial charge on any atom is -0.367 e. The van der Waals surface area contributed by atoms with Crippen LogP contribution in [0.25, 0.3) is 0 Å². The predicted molar refractivity (Wildman–Crippen MR) is 67.6 cm³/mol. The van der Waals surface area contributed by atoms with Crippen LogP contribution in [0.3, 0.4) is 0 Å². The highest BCUT2D eigenvalue weighted by atomic mass is 32.2. The largest absolute Gasteiger partial charge is 0.367 e. The van der Waals surface area contributed by atoms with E-state index < -0.39 is 10.1 Å². The Labute approximate surface area is 106 Å². The van der Waals surface area contributed by atoms with Crippen molar-refractivity contribution in [3.63, 3.8) is 0 Å². The highest BCUT2D eigenvalue weighted by Gasteiger charge is 2.19. The van der Waals surface area contributed by atoms with E-state index in [-0.39, 0.29) is 10.9 Å². The molecule has 1 aromatic rings. The lowest BCUT2D eigenvalue weighted by atomic mass is 10.2. The van der Waals surface area contributed by atoms with Crippen LogP contribution in [0.4, 0.5) is 0 Å². The molecule has 1 rings (SSSR count). The van der Waals surface area contributed by atoms with Crippen molar-refractivity contribution in [3.05, 3.63) is 29.8 Å². The number of nitrogens with zero attached hydrogens (tertiary/aromatic N) is 2. The van der Waals surface area contributed by atoms with E-state index >= 15 is 0 Å². The van der Waals surface area contributed by atoms with Crippen molar-refractivity contribution in [1.82, 2.24) is 5.17 Å². The zero-order chi connectivity index (χ0) is 13.8. The molecule has 7 nitrogen and oxygen atoms in total. The number of hydroxylamine groups is 1. The Kier molecular flexibility index (Phi) is 4.65. The van der Waals surface area contributed by atoms with Crippen molar-refractivity contribution in [2.45, 2.75) is 18.7 Å². The topological polar surface area (TPSA) is 111 Å². The molecule has 0 amide bonds. The average Bonchev–Trinajstić information content (AvgIpc) is 2.29. The van der Waals surface area contributed by atoms with E-state index in [0.717, 1.165) is 5.56 Å². The summed E-state index contributed by atoms with van der Waals surface area (Å²) in [6.45, 7) is 3.95. The van der Waals surface area contributed by atoms with Crippen LogP contribution in [0.2, 0.25) is 0 Å². The summed E-state index contributed by atoms with van der Waals surface area (Å²) in [6, 6.07) is 6.15. The summed E-state index contributed by atoms with van der Waals surface area (Å²) in [4.78, 5) is 3.72. The second-order valence-corrected chi connectivity index (χ2v) is 5.03. The molecule has 0 aromatic heterocycles. The lowest BCUT2D eigenvalue weighted by Crippen LogP contribution is -2.44. The van der Waals surface area contributed by atoms with E-state index in [4.69, 9.17) is 11.6 Å². The number of hydrogen-bond donors (Lipinski definition) is 2. The molecule has 0 fully saturated rings. The predicted octanol–water partition coefficient (Wildman–Crippen LogP) is 0.126. The third kappa shape index (κ3) is 3.69. The van der Waals surface area contributed by atoms with Gasteiger partial charge in [0, 0.05) is 6.54 Å². The zero-order valence-corrected chi connectivity index (χ0v) is 11.0. The van der Waals surface area contributed by atoms with Gasteiger partial charge in [0.2, 0.25) is 5.96 Å². The van der Waals surface area contributed by atoms with Crippen molar-refractivity contribution in [2.75, 3.05) is 6.54 Å². The lowest BCUT2D eigenvalue weighted by molar-refractivity contribution is 0.0249. The molecule has 0 spiro atoms. The van der Waals surface area contributed by atoms with Crippen LogP contribution in [-0.2, 0) is 14.4 Å². The van der Waals surface area contributed by atoms with Crippen molar-refractivity contribution >= 4 is 16.1 Å². The van der Waals surface area contributed by atoms with Gasteiger partial charge in [0.1, 0.15) is 0 Å². The van der Waals surface area contributed by atoms with Gasteiger partial charge < -0.3 is 5.73 Å². The summed E-state index contributed by atoms with van der Waals surface area (Å²) < 4.78 is 28.2. The molecule has 0 saturated heterocycles. The Balaban J connectivity index is 2.89. The molecular weight excluding hydrogens is 256 g/mol. The van der Waals surface area contributed by atoms with E-state index in [1.54, 1.807) is 19.1 Å².